The first-order valence-corrected chi connectivity index (χ1v) is 9.93. The van der Waals surface area contributed by atoms with Crippen LogP contribution in [0.1, 0.15) is 36.9 Å². The van der Waals surface area contributed by atoms with Crippen LogP contribution in [0.5, 0.6) is 0 Å². The number of carbonyl (C=O) groups is 2. The van der Waals surface area contributed by atoms with Crippen LogP contribution in [0.2, 0.25) is 0 Å². The van der Waals surface area contributed by atoms with E-state index < -0.39 is 5.41 Å². The van der Waals surface area contributed by atoms with E-state index in [-0.39, 0.29) is 11.8 Å². The van der Waals surface area contributed by atoms with Crippen LogP contribution >= 0.6 is 0 Å². The van der Waals surface area contributed by atoms with E-state index in [2.05, 4.69) is 22.1 Å². The Labute approximate surface area is 165 Å². The van der Waals surface area contributed by atoms with Crippen LogP contribution in [-0.4, -0.2) is 40.0 Å². The largest absolute Gasteiger partial charge is 0.339 e. The van der Waals surface area contributed by atoms with E-state index in [0.717, 1.165) is 23.6 Å². The Morgan fingerprint density at radius 1 is 1.25 bits per heavy atom. The Bertz CT molecular complexity index is 862. The third-order valence-electron chi connectivity index (χ3n) is 5.94. The summed E-state index contributed by atoms with van der Waals surface area (Å²) in [6.07, 6.45) is 6.02. The van der Waals surface area contributed by atoms with Gasteiger partial charge in [-0.25, -0.2) is 0 Å². The minimum absolute atomic E-state index is 0.0612. The molecular formula is C22H26N4O2. The third kappa shape index (κ3) is 3.72. The first-order chi connectivity index (χ1) is 13.6. The highest BCUT2D eigenvalue weighted by molar-refractivity contribution is 5.99. The molecule has 0 radical (unpaired) electrons. The summed E-state index contributed by atoms with van der Waals surface area (Å²) >= 11 is 0. The number of amides is 2. The molecule has 1 aliphatic carbocycles. The molecule has 1 aromatic heterocycles. The molecule has 2 N–H and O–H groups in total. The highest BCUT2D eigenvalue weighted by atomic mass is 16.2. The van der Waals surface area contributed by atoms with Gasteiger partial charge in [0.05, 0.1) is 5.41 Å². The molecule has 0 spiro atoms. The fourth-order valence-electron chi connectivity index (χ4n) is 4.04. The summed E-state index contributed by atoms with van der Waals surface area (Å²) in [6, 6.07) is 11.8. The van der Waals surface area contributed by atoms with E-state index >= 15 is 0 Å². The maximum Gasteiger partial charge on any atom is 0.245 e. The highest BCUT2D eigenvalue weighted by Crippen LogP contribution is 2.37. The van der Waals surface area contributed by atoms with Crippen molar-refractivity contribution in [3.63, 3.8) is 0 Å². The molecule has 28 heavy (non-hydrogen) atoms. The van der Waals surface area contributed by atoms with E-state index in [4.69, 9.17) is 0 Å². The van der Waals surface area contributed by atoms with Gasteiger partial charge in [0.15, 0.2) is 5.82 Å². The first kappa shape index (κ1) is 18.5. The molecule has 2 amide bonds. The summed E-state index contributed by atoms with van der Waals surface area (Å²) < 4.78 is 0. The highest BCUT2D eigenvalue weighted by Gasteiger charge is 2.43. The molecule has 0 unspecified atom stereocenters. The van der Waals surface area contributed by atoms with Gasteiger partial charge in [-0.05, 0) is 49.7 Å². The average Bonchev–Trinajstić information content (AvgIpc) is 3.45. The van der Waals surface area contributed by atoms with Gasteiger partial charge in [0, 0.05) is 24.8 Å². The molecule has 2 heterocycles. The molecule has 1 aliphatic heterocycles. The second-order valence-electron chi connectivity index (χ2n) is 7.86. The lowest BCUT2D eigenvalue weighted by Crippen LogP contribution is -2.50. The molecule has 1 saturated carbocycles. The third-order valence-corrected chi connectivity index (χ3v) is 5.94. The smallest absolute Gasteiger partial charge is 0.245 e. The minimum Gasteiger partial charge on any atom is -0.339 e. The molecule has 146 valence electrons. The van der Waals surface area contributed by atoms with Gasteiger partial charge in [-0.2, -0.15) is 5.10 Å². The predicted molar refractivity (Wildman–Crippen MR) is 108 cm³/mol. The molecule has 0 bridgehead atoms. The van der Waals surface area contributed by atoms with Crippen LogP contribution in [0.3, 0.4) is 0 Å². The number of hydrogen-bond donors (Lipinski definition) is 2. The summed E-state index contributed by atoms with van der Waals surface area (Å²) in [4.78, 5) is 27.1. The molecule has 6 heteroatoms. The molecule has 1 saturated heterocycles. The first-order valence-electron chi connectivity index (χ1n) is 9.93. The minimum atomic E-state index is -0.672. The molecule has 1 aromatic carbocycles. The van der Waals surface area contributed by atoms with Crippen molar-refractivity contribution in [2.45, 2.75) is 37.5 Å². The second kappa shape index (κ2) is 7.62. The number of aromatic nitrogens is 2. The fourth-order valence-corrected chi connectivity index (χ4v) is 4.04. The van der Waals surface area contributed by atoms with Crippen LogP contribution in [-0.2, 0) is 21.4 Å². The van der Waals surface area contributed by atoms with E-state index in [1.165, 1.54) is 18.9 Å². The van der Waals surface area contributed by atoms with Crippen LogP contribution in [0.25, 0.3) is 0 Å². The zero-order valence-corrected chi connectivity index (χ0v) is 16.0. The van der Waals surface area contributed by atoms with E-state index in [0.29, 0.717) is 31.7 Å². The summed E-state index contributed by atoms with van der Waals surface area (Å²) in [7, 11) is 0. The number of H-pyrrole nitrogens is 1. The van der Waals surface area contributed by atoms with Gasteiger partial charge in [-0.3, -0.25) is 14.7 Å². The standard InChI is InChI=1S/C22H26N4O2/c1-2-20(27)26-12-10-22(11-13-26,17-6-4-3-5-7-17)21(28)23-19-15-18(24-25-19)14-16-8-9-16/h2-7,15-16H,1,8-14H2,(H2,23,24,25,28). The maximum atomic E-state index is 13.4. The Balaban J connectivity index is 1.53. The number of piperidine rings is 1. The summed E-state index contributed by atoms with van der Waals surface area (Å²) in [5.74, 6) is 1.18. The molecule has 2 aliphatic rings. The number of carbonyl (C=O) groups excluding carboxylic acids is 2. The van der Waals surface area contributed by atoms with Crippen LogP contribution < -0.4 is 5.32 Å². The number of likely N-dealkylation sites (tertiary alicyclic amines) is 1. The number of hydrogen-bond acceptors (Lipinski definition) is 3. The van der Waals surface area contributed by atoms with Gasteiger partial charge in [0.2, 0.25) is 11.8 Å². The fraction of sp³-hybridized carbons (Fsp3) is 0.409. The zero-order chi connectivity index (χ0) is 19.6. The predicted octanol–water partition coefficient (Wildman–Crippen LogP) is 3.05. The van der Waals surface area contributed by atoms with Gasteiger partial charge >= 0.3 is 0 Å². The Kier molecular flexibility index (Phi) is 5.03. The van der Waals surface area contributed by atoms with Gasteiger partial charge < -0.3 is 10.2 Å². The van der Waals surface area contributed by atoms with Crippen molar-refractivity contribution in [2.24, 2.45) is 5.92 Å². The topological polar surface area (TPSA) is 78.1 Å². The summed E-state index contributed by atoms with van der Waals surface area (Å²) in [5.41, 5.74) is 1.37. The normalized spacial score (nSPS) is 18.5. The van der Waals surface area contributed by atoms with Crippen molar-refractivity contribution in [2.75, 3.05) is 18.4 Å². The summed E-state index contributed by atoms with van der Waals surface area (Å²) in [5, 5.41) is 10.3. The number of anilines is 1. The van der Waals surface area contributed by atoms with E-state index in [9.17, 15) is 9.59 Å². The molecule has 0 atom stereocenters. The zero-order valence-electron chi connectivity index (χ0n) is 16.0. The van der Waals surface area contributed by atoms with Crippen molar-refractivity contribution >= 4 is 17.6 Å². The molecule has 4 rings (SSSR count). The SMILES string of the molecule is C=CC(=O)N1CCC(C(=O)Nc2cc(CC3CC3)[nH]n2)(c2ccccc2)CC1. The van der Waals surface area contributed by atoms with Crippen molar-refractivity contribution in [1.82, 2.24) is 15.1 Å². The van der Waals surface area contributed by atoms with Crippen molar-refractivity contribution in [1.29, 1.82) is 0 Å². The van der Waals surface area contributed by atoms with Crippen molar-refractivity contribution < 1.29 is 9.59 Å². The van der Waals surface area contributed by atoms with Gasteiger partial charge in [0.1, 0.15) is 0 Å². The second-order valence-corrected chi connectivity index (χ2v) is 7.86. The van der Waals surface area contributed by atoms with Crippen LogP contribution in [0.15, 0.2) is 49.1 Å². The molecule has 2 aromatic rings. The quantitative estimate of drug-likeness (QED) is 0.759. The van der Waals surface area contributed by atoms with E-state index in [1.807, 2.05) is 36.4 Å². The van der Waals surface area contributed by atoms with Gasteiger partial charge in [0.25, 0.3) is 0 Å². The molecular weight excluding hydrogens is 352 g/mol. The van der Waals surface area contributed by atoms with Crippen LogP contribution in [0, 0.1) is 5.92 Å². The average molecular weight is 378 g/mol. The van der Waals surface area contributed by atoms with Crippen LogP contribution in [0.4, 0.5) is 5.82 Å². The lowest BCUT2D eigenvalue weighted by molar-refractivity contribution is -0.131. The number of benzene rings is 1. The number of nitrogens with one attached hydrogen (secondary N) is 2. The van der Waals surface area contributed by atoms with Crippen molar-refractivity contribution in [3.05, 3.63) is 60.3 Å². The monoisotopic (exact) mass is 378 g/mol. The summed E-state index contributed by atoms with van der Waals surface area (Å²) in [6.45, 7) is 4.62. The van der Waals surface area contributed by atoms with Crippen molar-refractivity contribution in [3.8, 4) is 0 Å². The Morgan fingerprint density at radius 2 is 1.96 bits per heavy atom. The molecule has 6 nitrogen and oxygen atoms in total. The van der Waals surface area contributed by atoms with Gasteiger partial charge in [-0.1, -0.05) is 36.9 Å². The molecule has 2 fully saturated rings. The van der Waals surface area contributed by atoms with E-state index in [1.54, 1.807) is 4.90 Å². The number of rotatable bonds is 6. The Hall–Kier alpha value is -2.89. The lowest BCUT2D eigenvalue weighted by atomic mass is 9.72. The number of aromatic amines is 1. The number of nitrogens with zero attached hydrogens (tertiary/aromatic N) is 2. The van der Waals surface area contributed by atoms with Gasteiger partial charge in [-0.15, -0.1) is 0 Å². The Morgan fingerprint density at radius 3 is 2.61 bits per heavy atom. The maximum absolute atomic E-state index is 13.4. The lowest BCUT2D eigenvalue weighted by Gasteiger charge is -2.40.